The van der Waals surface area contributed by atoms with Crippen LogP contribution in [-0.4, -0.2) is 30.6 Å². The zero-order chi connectivity index (χ0) is 22.5. The summed E-state index contributed by atoms with van der Waals surface area (Å²) in [7, 11) is 0. The molecule has 0 spiro atoms. The molecule has 0 bridgehead atoms. The number of carbonyl (C=O) groups is 1. The fourth-order valence-electron chi connectivity index (χ4n) is 3.81. The highest BCUT2D eigenvalue weighted by Crippen LogP contribution is 2.31. The number of unbranched alkanes of at least 4 members (excludes halogenated alkanes) is 2. The largest absolute Gasteiger partial charge is 0.490 e. The first kappa shape index (κ1) is 22.6. The Morgan fingerprint density at radius 2 is 2.06 bits per heavy atom. The highest BCUT2D eigenvalue weighted by atomic mass is 19.1. The Balaban J connectivity index is 1.17. The van der Waals surface area contributed by atoms with Gasteiger partial charge in [0.25, 0.3) is 12.3 Å². The molecular weight excluding hydrogens is 411 g/mol. The molecule has 2 aromatic rings. The second-order valence-corrected chi connectivity index (χ2v) is 8.70. The molecule has 3 N–H and O–H groups in total. The Bertz CT molecular complexity index is 948. The van der Waals surface area contributed by atoms with Gasteiger partial charge in [0.05, 0.1) is 12.2 Å². The van der Waals surface area contributed by atoms with Crippen molar-refractivity contribution in [2.75, 3.05) is 13.2 Å². The van der Waals surface area contributed by atoms with Crippen molar-refractivity contribution in [2.45, 2.75) is 57.9 Å². The number of hydrogen-bond donors (Lipinski definition) is 3. The van der Waals surface area contributed by atoms with Crippen molar-refractivity contribution in [3.63, 3.8) is 0 Å². The van der Waals surface area contributed by atoms with E-state index in [2.05, 4.69) is 17.6 Å². The number of hydrogen-bond acceptors (Lipinski definition) is 5. The third-order valence-electron chi connectivity index (χ3n) is 6.00. The number of fused-ring (bicyclic) bond motifs is 1. The van der Waals surface area contributed by atoms with Gasteiger partial charge in [-0.15, -0.1) is 0 Å². The van der Waals surface area contributed by atoms with Gasteiger partial charge in [0.1, 0.15) is 5.75 Å². The number of ether oxygens (including phenoxy) is 2. The monoisotopic (exact) mass is 442 g/mol. The highest BCUT2D eigenvalue weighted by Gasteiger charge is 2.24. The lowest BCUT2D eigenvalue weighted by atomic mass is 10.0. The van der Waals surface area contributed by atoms with Crippen molar-refractivity contribution in [3.05, 3.63) is 58.9 Å². The fraction of sp³-hybridized carbons (Fsp3) is 0.480. The first-order valence-electron chi connectivity index (χ1n) is 11.4. The van der Waals surface area contributed by atoms with Crippen molar-refractivity contribution >= 4 is 5.91 Å². The van der Waals surface area contributed by atoms with Gasteiger partial charge in [-0.2, -0.15) is 0 Å². The number of rotatable bonds is 11. The number of carbonyl (C=O) groups excluding carboxylic acids is 1. The molecule has 1 heterocycles. The van der Waals surface area contributed by atoms with Crippen LogP contribution in [0.25, 0.3) is 0 Å². The molecule has 172 valence electrons. The average Bonchev–Trinajstić information content (AvgIpc) is 3.59. The van der Waals surface area contributed by atoms with Gasteiger partial charge in [0.15, 0.2) is 11.6 Å². The summed E-state index contributed by atoms with van der Waals surface area (Å²) >= 11 is 0. The third kappa shape index (κ3) is 5.99. The maximum atomic E-state index is 14.0. The molecule has 1 amide bonds. The summed E-state index contributed by atoms with van der Waals surface area (Å²) in [4.78, 5) is 11.8. The molecule has 1 aliphatic heterocycles. The van der Waals surface area contributed by atoms with Gasteiger partial charge < -0.3 is 19.9 Å². The quantitative estimate of drug-likeness (QED) is 0.457. The Hall–Kier alpha value is -2.64. The Kier molecular flexibility index (Phi) is 7.27. The van der Waals surface area contributed by atoms with Gasteiger partial charge in [0, 0.05) is 6.04 Å². The molecular formula is C25H31FN2O4. The molecule has 6 nitrogen and oxygen atoms in total. The summed E-state index contributed by atoms with van der Waals surface area (Å²) in [6, 6.07) is 10.7. The molecule has 2 aromatic carbocycles. The highest BCUT2D eigenvalue weighted by molar-refractivity contribution is 5.97. The van der Waals surface area contributed by atoms with Gasteiger partial charge in [0.2, 0.25) is 0 Å². The number of aliphatic hydroxyl groups is 1. The van der Waals surface area contributed by atoms with Crippen LogP contribution in [0.15, 0.2) is 36.4 Å². The minimum absolute atomic E-state index is 0.120. The number of benzene rings is 2. The van der Waals surface area contributed by atoms with Crippen LogP contribution in [0.4, 0.5) is 4.39 Å². The number of aliphatic hydroxyl groups excluding tert-OH is 1. The van der Waals surface area contributed by atoms with Gasteiger partial charge in [-0.3, -0.25) is 10.1 Å². The van der Waals surface area contributed by atoms with Crippen LogP contribution in [0, 0.1) is 11.7 Å². The van der Waals surface area contributed by atoms with E-state index in [1.165, 1.54) is 18.9 Å². The van der Waals surface area contributed by atoms with Crippen LogP contribution in [0.5, 0.6) is 11.5 Å². The first-order valence-corrected chi connectivity index (χ1v) is 11.4. The second-order valence-electron chi connectivity index (χ2n) is 8.70. The van der Waals surface area contributed by atoms with Crippen molar-refractivity contribution < 1.29 is 23.8 Å². The van der Waals surface area contributed by atoms with Crippen molar-refractivity contribution in [3.8, 4) is 11.5 Å². The maximum Gasteiger partial charge on any atom is 0.281 e. The summed E-state index contributed by atoms with van der Waals surface area (Å²) in [5.41, 5.74) is 2.55. The molecule has 7 heteroatoms. The van der Waals surface area contributed by atoms with E-state index in [4.69, 9.17) is 9.47 Å². The summed E-state index contributed by atoms with van der Waals surface area (Å²) in [5.74, 6) is 0.738. The average molecular weight is 443 g/mol. The maximum absolute atomic E-state index is 14.0. The van der Waals surface area contributed by atoms with E-state index in [1.807, 2.05) is 24.3 Å². The molecule has 1 aliphatic carbocycles. The van der Waals surface area contributed by atoms with Gasteiger partial charge in [-0.1, -0.05) is 18.6 Å². The summed E-state index contributed by atoms with van der Waals surface area (Å²) in [5, 5.41) is 15.3. The lowest BCUT2D eigenvalue weighted by Gasteiger charge is -2.23. The van der Waals surface area contributed by atoms with E-state index in [9.17, 15) is 14.3 Å². The molecule has 0 aromatic heterocycles. The fourth-order valence-corrected chi connectivity index (χ4v) is 3.81. The van der Waals surface area contributed by atoms with Gasteiger partial charge >= 0.3 is 0 Å². The first-order chi connectivity index (χ1) is 15.5. The molecule has 2 aliphatic rings. The van der Waals surface area contributed by atoms with Crippen molar-refractivity contribution in [1.29, 1.82) is 0 Å². The zero-order valence-corrected chi connectivity index (χ0v) is 18.4. The number of aryl methyl sites for hydroxylation is 1. The molecule has 32 heavy (non-hydrogen) atoms. The predicted octanol–water partition coefficient (Wildman–Crippen LogP) is 4.08. The van der Waals surface area contributed by atoms with Crippen LogP contribution < -0.4 is 20.1 Å². The van der Waals surface area contributed by atoms with E-state index in [0.29, 0.717) is 29.6 Å². The predicted molar refractivity (Wildman–Crippen MR) is 119 cm³/mol. The lowest BCUT2D eigenvalue weighted by molar-refractivity contribution is -0.0445. The third-order valence-corrected chi connectivity index (χ3v) is 6.00. The number of amides is 1. The van der Waals surface area contributed by atoms with Crippen LogP contribution in [0.2, 0.25) is 0 Å². The van der Waals surface area contributed by atoms with Gasteiger partial charge in [-0.25, -0.2) is 4.39 Å². The second kappa shape index (κ2) is 10.3. The van der Waals surface area contributed by atoms with Crippen LogP contribution in [-0.2, 0) is 6.42 Å². The smallest absolute Gasteiger partial charge is 0.281 e. The van der Waals surface area contributed by atoms with Crippen LogP contribution in [0.3, 0.4) is 0 Å². The van der Waals surface area contributed by atoms with E-state index in [-0.39, 0.29) is 17.8 Å². The summed E-state index contributed by atoms with van der Waals surface area (Å²) < 4.78 is 24.9. The Labute approximate surface area is 188 Å². The van der Waals surface area contributed by atoms with Crippen molar-refractivity contribution in [1.82, 2.24) is 10.6 Å². The lowest BCUT2D eigenvalue weighted by Crippen LogP contribution is -2.43. The standard InChI is InChI=1S/C25H31FN2O4/c1-16(19-9-11-21(26)23(14-19)31-15-18-6-7-18)27-12-4-2-3-5-17-8-10-20-22(13-17)32-25(30)28-24(20)29/h8-11,13-14,16,18,25,27,30H,2-7,12,15H2,1H3,(H,28,29)/t16-,25?/m1/s1. The summed E-state index contributed by atoms with van der Waals surface area (Å²) in [6.07, 6.45) is 5.04. The number of nitrogens with one attached hydrogen (secondary N) is 2. The molecule has 2 atom stereocenters. The minimum atomic E-state index is -1.29. The molecule has 0 saturated heterocycles. The Morgan fingerprint density at radius 3 is 2.88 bits per heavy atom. The van der Waals surface area contributed by atoms with E-state index < -0.39 is 6.41 Å². The minimum Gasteiger partial charge on any atom is -0.490 e. The van der Waals surface area contributed by atoms with Crippen molar-refractivity contribution in [2.24, 2.45) is 5.92 Å². The van der Waals surface area contributed by atoms with Gasteiger partial charge in [-0.05, 0) is 86.9 Å². The normalized spacial score (nSPS) is 18.5. The van der Waals surface area contributed by atoms with E-state index in [0.717, 1.165) is 43.4 Å². The van der Waals surface area contributed by atoms with Crippen LogP contribution >= 0.6 is 0 Å². The number of halogens is 1. The zero-order valence-electron chi connectivity index (χ0n) is 18.4. The molecule has 4 rings (SSSR count). The topological polar surface area (TPSA) is 79.8 Å². The summed E-state index contributed by atoms with van der Waals surface area (Å²) in [6.45, 7) is 3.55. The molecule has 1 fully saturated rings. The molecule has 1 unspecified atom stereocenters. The van der Waals surface area contributed by atoms with E-state index >= 15 is 0 Å². The SMILES string of the molecule is C[C@@H](NCCCCCc1ccc2c(c1)OC(O)NC2=O)c1ccc(F)c(OCC2CC2)c1. The van der Waals surface area contributed by atoms with Crippen LogP contribution in [0.1, 0.15) is 66.6 Å². The molecule has 0 radical (unpaired) electrons. The van der Waals surface area contributed by atoms with E-state index in [1.54, 1.807) is 6.07 Å². The molecule has 1 saturated carbocycles. The Morgan fingerprint density at radius 1 is 1.22 bits per heavy atom.